The molecule has 0 spiro atoms. The highest BCUT2D eigenvalue weighted by Gasteiger charge is 2.33. The summed E-state index contributed by atoms with van der Waals surface area (Å²) in [6, 6.07) is 13.9. The maximum absolute atomic E-state index is 13.8. The van der Waals surface area contributed by atoms with E-state index < -0.39 is 0 Å². The average molecular weight is 590 g/mol. The Bertz CT molecular complexity index is 1250. The molecule has 2 aromatic rings. The van der Waals surface area contributed by atoms with Crippen LogP contribution in [0.3, 0.4) is 0 Å². The molecule has 2 aliphatic heterocycles. The lowest BCUT2D eigenvalue weighted by Gasteiger charge is -2.38. The number of benzene rings is 2. The van der Waals surface area contributed by atoms with Gasteiger partial charge in [0.15, 0.2) is 0 Å². The van der Waals surface area contributed by atoms with Crippen LogP contribution in [-0.4, -0.2) is 74.2 Å². The fourth-order valence-corrected chi connectivity index (χ4v) is 7.24. The molecule has 3 aliphatic rings. The van der Waals surface area contributed by atoms with E-state index in [0.29, 0.717) is 18.2 Å². The SMILES string of the molecule is CCN(c1cc(-c2ccc(CN3CCOCC3)cc2)cc(C(=O)NCC2C(=O)NC(C)CC2C)c1C)[C@H]1CC[C@H](N)CC1. The number of carbonyl (C=O) groups excluding carboxylic acids is 2. The summed E-state index contributed by atoms with van der Waals surface area (Å²) >= 11 is 0. The van der Waals surface area contributed by atoms with Crippen molar-refractivity contribution < 1.29 is 14.3 Å². The van der Waals surface area contributed by atoms with Gasteiger partial charge in [-0.15, -0.1) is 0 Å². The molecule has 5 rings (SSSR count). The number of morpholine rings is 1. The Morgan fingerprint density at radius 2 is 1.77 bits per heavy atom. The van der Waals surface area contributed by atoms with Crippen LogP contribution in [0.2, 0.25) is 0 Å². The lowest BCUT2D eigenvalue weighted by Crippen LogP contribution is -2.50. The normalized spacial score (nSPS) is 26.5. The first-order chi connectivity index (χ1) is 20.7. The summed E-state index contributed by atoms with van der Waals surface area (Å²) in [5, 5.41) is 6.19. The van der Waals surface area contributed by atoms with Crippen molar-refractivity contribution in [2.24, 2.45) is 17.6 Å². The summed E-state index contributed by atoms with van der Waals surface area (Å²) < 4.78 is 5.51. The molecular formula is C35H51N5O3. The molecule has 1 saturated carbocycles. The van der Waals surface area contributed by atoms with E-state index in [1.165, 1.54) is 5.56 Å². The number of amides is 2. The Labute approximate surface area is 257 Å². The van der Waals surface area contributed by atoms with E-state index in [-0.39, 0.29) is 35.7 Å². The van der Waals surface area contributed by atoms with Crippen molar-refractivity contribution in [1.82, 2.24) is 15.5 Å². The molecule has 234 valence electrons. The Balaban J connectivity index is 1.43. The molecule has 4 N–H and O–H groups in total. The van der Waals surface area contributed by atoms with Gasteiger partial charge < -0.3 is 26.0 Å². The average Bonchev–Trinajstić information content (AvgIpc) is 2.99. The van der Waals surface area contributed by atoms with Gasteiger partial charge in [-0.3, -0.25) is 14.5 Å². The van der Waals surface area contributed by atoms with Crippen molar-refractivity contribution in [1.29, 1.82) is 0 Å². The van der Waals surface area contributed by atoms with E-state index in [1.807, 2.05) is 13.0 Å². The standard InChI is InChI=1S/C35H51N5O3/c1-5-40(30-12-10-29(36)11-13-30)33-20-28(27-8-6-26(7-9-27)22-39-14-16-43-17-15-39)19-31(25(33)4)34(41)37-21-32-23(2)18-24(3)38-35(32)42/h6-9,19-20,23-24,29-30,32H,5,10-18,21-22,36H2,1-4H3,(H,37,41)(H,38,42)/t23?,24?,29-,30-,32?. The van der Waals surface area contributed by atoms with Crippen LogP contribution in [0.15, 0.2) is 36.4 Å². The Kier molecular flexibility index (Phi) is 10.4. The molecule has 0 aromatic heterocycles. The number of rotatable bonds is 9. The van der Waals surface area contributed by atoms with Gasteiger partial charge in [0.2, 0.25) is 5.91 Å². The summed E-state index contributed by atoms with van der Waals surface area (Å²) in [5.74, 6) is -0.0931. The number of piperidine rings is 1. The highest BCUT2D eigenvalue weighted by Crippen LogP contribution is 2.35. The van der Waals surface area contributed by atoms with Crippen molar-refractivity contribution in [2.45, 2.75) is 84.5 Å². The predicted octanol–water partition coefficient (Wildman–Crippen LogP) is 4.48. The predicted molar refractivity (Wildman–Crippen MR) is 173 cm³/mol. The molecule has 8 heteroatoms. The first kappa shape index (κ1) is 31.5. The Hall–Kier alpha value is -2.94. The Morgan fingerprint density at radius 3 is 2.42 bits per heavy atom. The molecule has 1 aliphatic carbocycles. The number of hydrogen-bond acceptors (Lipinski definition) is 6. The van der Waals surface area contributed by atoms with Gasteiger partial charge >= 0.3 is 0 Å². The van der Waals surface area contributed by atoms with E-state index in [4.69, 9.17) is 10.5 Å². The monoisotopic (exact) mass is 589 g/mol. The molecule has 3 atom stereocenters. The number of anilines is 1. The molecule has 8 nitrogen and oxygen atoms in total. The fraction of sp³-hybridized carbons (Fsp3) is 0.600. The summed E-state index contributed by atoms with van der Waals surface area (Å²) in [4.78, 5) is 31.5. The molecule has 3 fully saturated rings. The zero-order valence-electron chi connectivity index (χ0n) is 26.5. The van der Waals surface area contributed by atoms with Crippen molar-refractivity contribution in [3.63, 3.8) is 0 Å². The number of nitrogens with one attached hydrogen (secondary N) is 2. The summed E-state index contributed by atoms with van der Waals surface area (Å²) in [5.41, 5.74) is 12.4. The highest BCUT2D eigenvalue weighted by atomic mass is 16.5. The first-order valence-electron chi connectivity index (χ1n) is 16.4. The molecular weight excluding hydrogens is 538 g/mol. The number of ether oxygens (including phenoxy) is 1. The fourth-order valence-electron chi connectivity index (χ4n) is 7.24. The highest BCUT2D eigenvalue weighted by molar-refractivity contribution is 5.99. The molecule has 43 heavy (non-hydrogen) atoms. The zero-order valence-corrected chi connectivity index (χ0v) is 26.5. The van der Waals surface area contributed by atoms with Gasteiger partial charge in [0.25, 0.3) is 5.91 Å². The lowest BCUT2D eigenvalue weighted by atomic mass is 9.84. The number of carbonyl (C=O) groups is 2. The van der Waals surface area contributed by atoms with E-state index >= 15 is 0 Å². The number of nitrogens with zero attached hydrogens (tertiary/aromatic N) is 2. The van der Waals surface area contributed by atoms with Crippen LogP contribution in [0, 0.1) is 18.8 Å². The third-order valence-electron chi connectivity index (χ3n) is 9.87. The minimum Gasteiger partial charge on any atom is -0.379 e. The van der Waals surface area contributed by atoms with E-state index in [2.05, 4.69) is 71.5 Å². The largest absolute Gasteiger partial charge is 0.379 e. The smallest absolute Gasteiger partial charge is 0.251 e. The van der Waals surface area contributed by atoms with Gasteiger partial charge in [-0.2, -0.15) is 0 Å². The van der Waals surface area contributed by atoms with E-state index in [9.17, 15) is 9.59 Å². The number of hydrogen-bond donors (Lipinski definition) is 3. The number of nitrogens with two attached hydrogens (primary N) is 1. The van der Waals surface area contributed by atoms with Gasteiger partial charge in [-0.05, 0) is 93.2 Å². The van der Waals surface area contributed by atoms with Crippen LogP contribution in [0.1, 0.15) is 74.4 Å². The van der Waals surface area contributed by atoms with Gasteiger partial charge in [0.1, 0.15) is 0 Å². The van der Waals surface area contributed by atoms with Crippen LogP contribution in [0.5, 0.6) is 0 Å². The molecule has 0 bridgehead atoms. The second-order valence-corrected chi connectivity index (χ2v) is 13.0. The molecule has 2 heterocycles. The second kappa shape index (κ2) is 14.2. The summed E-state index contributed by atoms with van der Waals surface area (Å²) in [6.07, 6.45) is 5.09. The summed E-state index contributed by atoms with van der Waals surface area (Å²) in [6.45, 7) is 14.0. The van der Waals surface area contributed by atoms with Gasteiger partial charge in [-0.1, -0.05) is 31.2 Å². The molecule has 3 unspecified atom stereocenters. The molecule has 0 radical (unpaired) electrons. The molecule has 2 aromatic carbocycles. The van der Waals surface area contributed by atoms with Crippen LogP contribution < -0.4 is 21.3 Å². The van der Waals surface area contributed by atoms with Crippen LogP contribution in [0.25, 0.3) is 11.1 Å². The van der Waals surface area contributed by atoms with Crippen LogP contribution in [0.4, 0.5) is 5.69 Å². The minimum atomic E-state index is -0.222. The van der Waals surface area contributed by atoms with Crippen molar-refractivity contribution >= 4 is 17.5 Å². The third kappa shape index (κ3) is 7.59. The van der Waals surface area contributed by atoms with Crippen LogP contribution >= 0.6 is 0 Å². The van der Waals surface area contributed by atoms with Crippen molar-refractivity contribution in [3.8, 4) is 11.1 Å². The van der Waals surface area contributed by atoms with Gasteiger partial charge in [0.05, 0.1) is 19.1 Å². The topological polar surface area (TPSA) is 99.9 Å². The molecule has 2 saturated heterocycles. The maximum atomic E-state index is 13.8. The maximum Gasteiger partial charge on any atom is 0.251 e. The van der Waals surface area contributed by atoms with E-state index in [0.717, 1.165) is 93.9 Å². The van der Waals surface area contributed by atoms with Gasteiger partial charge in [0, 0.05) is 62.1 Å². The van der Waals surface area contributed by atoms with Crippen LogP contribution in [-0.2, 0) is 16.1 Å². The quantitative estimate of drug-likeness (QED) is 0.399. The first-order valence-corrected chi connectivity index (χ1v) is 16.4. The van der Waals surface area contributed by atoms with E-state index in [1.54, 1.807) is 0 Å². The third-order valence-corrected chi connectivity index (χ3v) is 9.87. The van der Waals surface area contributed by atoms with Crippen molar-refractivity contribution in [2.75, 3.05) is 44.3 Å². The van der Waals surface area contributed by atoms with Gasteiger partial charge in [-0.25, -0.2) is 0 Å². The van der Waals surface area contributed by atoms with Crippen molar-refractivity contribution in [3.05, 3.63) is 53.1 Å². The lowest BCUT2D eigenvalue weighted by molar-refractivity contribution is -0.129. The second-order valence-electron chi connectivity index (χ2n) is 13.0. The molecule has 2 amide bonds. The minimum absolute atomic E-state index is 0.0301. The Morgan fingerprint density at radius 1 is 1.07 bits per heavy atom. The summed E-state index contributed by atoms with van der Waals surface area (Å²) in [7, 11) is 0. The zero-order chi connectivity index (χ0) is 30.5.